The third-order valence-electron chi connectivity index (χ3n) is 4.01. The second-order valence-corrected chi connectivity index (χ2v) is 5.81. The number of amides is 1. The van der Waals surface area contributed by atoms with Crippen LogP contribution in [0.1, 0.15) is 16.1 Å². The average Bonchev–Trinajstić information content (AvgIpc) is 3.37. The number of carbonyl (C=O) groups excluding carboxylic acids is 1. The van der Waals surface area contributed by atoms with Crippen molar-refractivity contribution in [2.75, 3.05) is 0 Å². The molecule has 0 bridgehead atoms. The molecule has 4 aromatic rings. The quantitative estimate of drug-likeness (QED) is 0.594. The fourth-order valence-electron chi connectivity index (χ4n) is 2.72. The number of carbonyl (C=O) groups is 1. The maximum atomic E-state index is 12.8. The Kier molecular flexibility index (Phi) is 4.35. The lowest BCUT2D eigenvalue weighted by molar-refractivity contribution is 0.0943. The van der Waals surface area contributed by atoms with Crippen molar-refractivity contribution < 1.29 is 9.21 Å². The molecule has 2 aromatic heterocycles. The Bertz CT molecular complexity index is 990. The first-order valence-electron chi connectivity index (χ1n) is 8.33. The van der Waals surface area contributed by atoms with E-state index >= 15 is 0 Å². The number of hydrogen-bond acceptors (Lipinski definition) is 3. The Hall–Kier alpha value is -3.60. The number of para-hydroxylation sites is 1. The van der Waals surface area contributed by atoms with Crippen molar-refractivity contribution in [2.24, 2.45) is 0 Å². The fourth-order valence-corrected chi connectivity index (χ4v) is 2.72. The molecule has 1 N–H and O–H groups in total. The monoisotopic (exact) mass is 343 g/mol. The van der Waals surface area contributed by atoms with Crippen LogP contribution in [0.3, 0.4) is 0 Å². The lowest BCUT2D eigenvalue weighted by atomic mass is 10.2. The van der Waals surface area contributed by atoms with Crippen molar-refractivity contribution in [1.29, 1.82) is 0 Å². The maximum Gasteiger partial charge on any atom is 0.270 e. The smallest absolute Gasteiger partial charge is 0.270 e. The number of rotatable bonds is 5. The summed E-state index contributed by atoms with van der Waals surface area (Å²) < 4.78 is 7.06. The van der Waals surface area contributed by atoms with E-state index in [0.717, 1.165) is 11.3 Å². The van der Waals surface area contributed by atoms with E-state index in [1.54, 1.807) is 23.1 Å². The van der Waals surface area contributed by atoms with Gasteiger partial charge in [0, 0.05) is 12.6 Å². The molecule has 0 fully saturated rings. The number of furan rings is 1. The number of nitrogens with one attached hydrogen (secondary N) is 1. The second-order valence-electron chi connectivity index (χ2n) is 5.81. The van der Waals surface area contributed by atoms with Gasteiger partial charge in [-0.05, 0) is 29.8 Å². The van der Waals surface area contributed by atoms with Crippen molar-refractivity contribution in [3.63, 3.8) is 0 Å². The summed E-state index contributed by atoms with van der Waals surface area (Å²) in [6.45, 7) is 0.454. The van der Waals surface area contributed by atoms with Crippen LogP contribution < -0.4 is 5.32 Å². The molecular weight excluding hydrogens is 326 g/mol. The molecule has 5 nitrogen and oxygen atoms in total. The van der Waals surface area contributed by atoms with Crippen LogP contribution in [0.5, 0.6) is 0 Å². The minimum Gasteiger partial charge on any atom is -0.463 e. The molecule has 5 heteroatoms. The number of benzene rings is 2. The fraction of sp³-hybridized carbons (Fsp3) is 0.0476. The van der Waals surface area contributed by atoms with Crippen LogP contribution >= 0.6 is 0 Å². The Balaban J connectivity index is 1.66. The molecule has 0 aliphatic rings. The molecule has 0 saturated heterocycles. The zero-order chi connectivity index (χ0) is 17.8. The molecule has 0 aliphatic carbocycles. The van der Waals surface area contributed by atoms with Gasteiger partial charge in [-0.2, -0.15) is 5.10 Å². The molecule has 26 heavy (non-hydrogen) atoms. The van der Waals surface area contributed by atoms with Crippen molar-refractivity contribution in [3.05, 3.63) is 96.4 Å². The van der Waals surface area contributed by atoms with Gasteiger partial charge in [-0.25, -0.2) is 4.68 Å². The normalized spacial score (nSPS) is 10.6. The maximum absolute atomic E-state index is 12.8. The zero-order valence-corrected chi connectivity index (χ0v) is 14.0. The van der Waals surface area contributed by atoms with Crippen LogP contribution in [0.4, 0.5) is 0 Å². The predicted molar refractivity (Wildman–Crippen MR) is 98.9 cm³/mol. The molecule has 0 spiro atoms. The summed E-state index contributed by atoms with van der Waals surface area (Å²) in [6.07, 6.45) is 1.59. The first kappa shape index (κ1) is 15.9. The number of nitrogens with zero attached hydrogens (tertiary/aromatic N) is 2. The molecule has 1 amide bonds. The molecule has 2 heterocycles. The topological polar surface area (TPSA) is 60.1 Å². The Morgan fingerprint density at radius 2 is 1.69 bits per heavy atom. The lowest BCUT2D eigenvalue weighted by Gasteiger charge is -2.08. The van der Waals surface area contributed by atoms with Gasteiger partial charge in [0.25, 0.3) is 5.91 Å². The lowest BCUT2D eigenvalue weighted by Crippen LogP contribution is -2.25. The van der Waals surface area contributed by atoms with E-state index in [1.807, 2.05) is 66.7 Å². The van der Waals surface area contributed by atoms with E-state index in [9.17, 15) is 4.79 Å². The largest absolute Gasteiger partial charge is 0.463 e. The van der Waals surface area contributed by atoms with E-state index in [1.165, 1.54) is 0 Å². The number of hydrogen-bond donors (Lipinski definition) is 1. The summed E-state index contributed by atoms with van der Waals surface area (Å²) in [6, 6.07) is 24.7. The van der Waals surface area contributed by atoms with Crippen molar-refractivity contribution in [1.82, 2.24) is 15.1 Å². The third kappa shape index (κ3) is 3.28. The van der Waals surface area contributed by atoms with Crippen molar-refractivity contribution >= 4 is 5.91 Å². The van der Waals surface area contributed by atoms with Gasteiger partial charge in [-0.3, -0.25) is 4.79 Å². The van der Waals surface area contributed by atoms with Crippen LogP contribution in [-0.2, 0) is 6.54 Å². The minimum absolute atomic E-state index is 0.192. The Morgan fingerprint density at radius 1 is 0.962 bits per heavy atom. The highest BCUT2D eigenvalue weighted by molar-refractivity contribution is 5.94. The second kappa shape index (κ2) is 7.11. The van der Waals surface area contributed by atoms with E-state index in [-0.39, 0.29) is 5.91 Å². The van der Waals surface area contributed by atoms with Gasteiger partial charge >= 0.3 is 0 Å². The van der Waals surface area contributed by atoms with Crippen LogP contribution in [0.2, 0.25) is 0 Å². The number of aromatic nitrogens is 2. The van der Waals surface area contributed by atoms with Gasteiger partial charge in [0.05, 0.1) is 12.0 Å². The first-order valence-corrected chi connectivity index (χ1v) is 8.33. The Morgan fingerprint density at radius 3 is 2.38 bits per heavy atom. The Labute approximate surface area is 150 Å². The van der Waals surface area contributed by atoms with Crippen LogP contribution in [0, 0.1) is 0 Å². The highest BCUT2D eigenvalue weighted by Crippen LogP contribution is 2.22. The molecule has 0 saturated carbocycles. The summed E-state index contributed by atoms with van der Waals surface area (Å²) in [5.41, 5.74) is 2.93. The SMILES string of the molecule is O=C(NCc1ccccc1)c1cc(-c2ccco2)nn1-c1ccccc1. The molecule has 4 rings (SSSR count). The molecular formula is C21H17N3O2. The molecule has 0 atom stereocenters. The molecule has 0 unspecified atom stereocenters. The van der Waals surface area contributed by atoms with Gasteiger partial charge < -0.3 is 9.73 Å². The summed E-state index contributed by atoms with van der Waals surface area (Å²) in [5.74, 6) is 0.430. The van der Waals surface area contributed by atoms with E-state index in [4.69, 9.17) is 4.42 Å². The predicted octanol–water partition coefficient (Wildman–Crippen LogP) is 4.06. The van der Waals surface area contributed by atoms with Crippen LogP contribution in [0.25, 0.3) is 17.1 Å². The molecule has 0 radical (unpaired) electrons. The van der Waals surface area contributed by atoms with Gasteiger partial charge in [-0.15, -0.1) is 0 Å². The molecule has 0 aliphatic heterocycles. The molecule has 2 aromatic carbocycles. The summed E-state index contributed by atoms with van der Waals surface area (Å²) >= 11 is 0. The van der Waals surface area contributed by atoms with Crippen molar-refractivity contribution in [3.8, 4) is 17.1 Å². The molecule has 128 valence electrons. The summed E-state index contributed by atoms with van der Waals surface area (Å²) in [5, 5.41) is 7.51. The summed E-state index contributed by atoms with van der Waals surface area (Å²) in [7, 11) is 0. The van der Waals surface area contributed by atoms with Gasteiger partial charge in [0.15, 0.2) is 5.76 Å². The van der Waals surface area contributed by atoms with Gasteiger partial charge in [0.1, 0.15) is 11.4 Å². The van der Waals surface area contributed by atoms with Gasteiger partial charge in [-0.1, -0.05) is 48.5 Å². The standard InChI is InChI=1S/C21H17N3O2/c25-21(22-15-16-8-3-1-4-9-16)19-14-18(20-12-7-13-26-20)23-24(19)17-10-5-2-6-11-17/h1-14H,15H2,(H,22,25). The van der Waals surface area contributed by atoms with E-state index < -0.39 is 0 Å². The zero-order valence-electron chi connectivity index (χ0n) is 14.0. The van der Waals surface area contributed by atoms with Gasteiger partial charge in [0.2, 0.25) is 0 Å². The minimum atomic E-state index is -0.192. The highest BCUT2D eigenvalue weighted by Gasteiger charge is 2.18. The van der Waals surface area contributed by atoms with Crippen LogP contribution in [0.15, 0.2) is 89.5 Å². The first-order chi connectivity index (χ1) is 12.8. The van der Waals surface area contributed by atoms with Crippen molar-refractivity contribution in [2.45, 2.75) is 6.54 Å². The van der Waals surface area contributed by atoms with E-state index in [0.29, 0.717) is 23.7 Å². The summed E-state index contributed by atoms with van der Waals surface area (Å²) in [4.78, 5) is 12.8. The third-order valence-corrected chi connectivity index (χ3v) is 4.01. The highest BCUT2D eigenvalue weighted by atomic mass is 16.3. The van der Waals surface area contributed by atoms with Crippen LogP contribution in [-0.4, -0.2) is 15.7 Å². The average molecular weight is 343 g/mol. The van der Waals surface area contributed by atoms with E-state index in [2.05, 4.69) is 10.4 Å².